The van der Waals surface area contributed by atoms with Crippen molar-refractivity contribution in [1.29, 1.82) is 0 Å². The average molecular weight is 386 g/mol. The van der Waals surface area contributed by atoms with Gasteiger partial charge in [0.1, 0.15) is 5.75 Å². The molecule has 8 heteroatoms. The van der Waals surface area contributed by atoms with Gasteiger partial charge >= 0.3 is 5.97 Å². The molecule has 0 unspecified atom stereocenters. The molecule has 0 radical (unpaired) electrons. The van der Waals surface area contributed by atoms with E-state index in [1.807, 2.05) is 0 Å². The van der Waals surface area contributed by atoms with Gasteiger partial charge in [0.05, 0.1) is 22.0 Å². The van der Waals surface area contributed by atoms with Crippen molar-refractivity contribution in [2.45, 2.75) is 6.42 Å². The van der Waals surface area contributed by atoms with E-state index in [-0.39, 0.29) is 16.5 Å². The van der Waals surface area contributed by atoms with Crippen LogP contribution in [0, 0.1) is 0 Å². The van der Waals surface area contributed by atoms with Gasteiger partial charge in [-0.15, -0.1) is 0 Å². The fourth-order valence-corrected chi connectivity index (χ4v) is 4.42. The summed E-state index contributed by atoms with van der Waals surface area (Å²) < 4.78 is 30.4. The molecular weight excluding hydrogens is 373 g/mol. The molecule has 0 bridgehead atoms. The van der Waals surface area contributed by atoms with Crippen LogP contribution >= 0.6 is 23.2 Å². The van der Waals surface area contributed by atoms with Crippen molar-refractivity contribution in [1.82, 2.24) is 0 Å². The first-order valence-electron chi connectivity index (χ1n) is 7.14. The van der Waals surface area contributed by atoms with Gasteiger partial charge in [0.2, 0.25) is 10.0 Å². The topological polar surface area (TPSA) is 63.7 Å². The summed E-state index contributed by atoms with van der Waals surface area (Å²) in [5.74, 6) is -0.237. The number of sulfonamides is 1. The Bertz CT molecular complexity index is 881. The molecule has 0 spiro atoms. The highest BCUT2D eigenvalue weighted by Gasteiger charge is 2.28. The van der Waals surface area contributed by atoms with Crippen molar-refractivity contribution in [2.75, 3.05) is 16.6 Å². The van der Waals surface area contributed by atoms with E-state index in [4.69, 9.17) is 27.9 Å². The fourth-order valence-electron chi connectivity index (χ4n) is 2.41. The number of nitrogens with zero attached hydrogens (tertiary/aromatic N) is 1. The molecule has 24 heavy (non-hydrogen) atoms. The first kappa shape index (κ1) is 17.1. The maximum absolute atomic E-state index is 12.2. The number of hydrogen-bond donors (Lipinski definition) is 0. The molecule has 1 aliphatic heterocycles. The van der Waals surface area contributed by atoms with Crippen molar-refractivity contribution in [2.24, 2.45) is 0 Å². The van der Waals surface area contributed by atoms with E-state index in [0.29, 0.717) is 29.2 Å². The van der Waals surface area contributed by atoms with Gasteiger partial charge in [-0.25, -0.2) is 13.2 Å². The second-order valence-corrected chi connectivity index (χ2v) is 8.11. The Balaban J connectivity index is 1.77. The van der Waals surface area contributed by atoms with E-state index < -0.39 is 16.0 Å². The monoisotopic (exact) mass is 385 g/mol. The van der Waals surface area contributed by atoms with Gasteiger partial charge in [-0.3, -0.25) is 4.31 Å². The van der Waals surface area contributed by atoms with Gasteiger partial charge < -0.3 is 4.74 Å². The Hall–Kier alpha value is -1.76. The van der Waals surface area contributed by atoms with Crippen LogP contribution in [-0.4, -0.2) is 26.7 Å². The van der Waals surface area contributed by atoms with Crippen LogP contribution in [0.3, 0.4) is 0 Å². The maximum atomic E-state index is 12.2. The molecule has 1 heterocycles. The summed E-state index contributed by atoms with van der Waals surface area (Å²) >= 11 is 11.8. The zero-order valence-corrected chi connectivity index (χ0v) is 14.7. The van der Waals surface area contributed by atoms with E-state index in [9.17, 15) is 13.2 Å². The lowest BCUT2D eigenvalue weighted by atomic mass is 10.2. The fraction of sp³-hybridized carbons (Fsp3) is 0.188. The SMILES string of the molecule is O=C(Oc1ccc(Cl)cc1Cl)c1ccc(N2CCCS2(=O)=O)cc1. The summed E-state index contributed by atoms with van der Waals surface area (Å²) in [5, 5.41) is 0.673. The minimum Gasteiger partial charge on any atom is -0.421 e. The smallest absolute Gasteiger partial charge is 0.343 e. The van der Waals surface area contributed by atoms with Gasteiger partial charge in [0.25, 0.3) is 0 Å². The summed E-state index contributed by atoms with van der Waals surface area (Å²) in [5.41, 5.74) is 0.829. The van der Waals surface area contributed by atoms with Gasteiger partial charge in [-0.1, -0.05) is 23.2 Å². The van der Waals surface area contributed by atoms with Gasteiger partial charge in [-0.2, -0.15) is 0 Å². The lowest BCUT2D eigenvalue weighted by Gasteiger charge is -2.16. The number of hydrogen-bond acceptors (Lipinski definition) is 4. The van der Waals surface area contributed by atoms with Crippen LogP contribution in [0.2, 0.25) is 10.0 Å². The zero-order valence-electron chi connectivity index (χ0n) is 12.4. The van der Waals surface area contributed by atoms with E-state index in [0.717, 1.165) is 0 Å². The van der Waals surface area contributed by atoms with Crippen molar-refractivity contribution in [3.05, 3.63) is 58.1 Å². The van der Waals surface area contributed by atoms with Crippen LogP contribution in [0.25, 0.3) is 0 Å². The molecule has 0 aliphatic carbocycles. The van der Waals surface area contributed by atoms with Crippen molar-refractivity contribution in [3.8, 4) is 5.75 Å². The number of benzene rings is 2. The highest BCUT2D eigenvalue weighted by atomic mass is 35.5. The Morgan fingerprint density at radius 2 is 1.79 bits per heavy atom. The van der Waals surface area contributed by atoms with Crippen LogP contribution in [-0.2, 0) is 10.0 Å². The molecule has 0 saturated carbocycles. The molecule has 0 amide bonds. The third-order valence-electron chi connectivity index (χ3n) is 3.59. The summed E-state index contributed by atoms with van der Waals surface area (Å²) in [6.07, 6.45) is 0.598. The molecule has 5 nitrogen and oxygen atoms in total. The molecule has 0 atom stereocenters. The zero-order chi connectivity index (χ0) is 17.3. The number of carbonyl (C=O) groups excluding carboxylic acids is 1. The van der Waals surface area contributed by atoms with Crippen molar-refractivity contribution in [3.63, 3.8) is 0 Å². The van der Waals surface area contributed by atoms with Crippen LogP contribution in [0.4, 0.5) is 5.69 Å². The number of anilines is 1. The van der Waals surface area contributed by atoms with Gasteiger partial charge in [0.15, 0.2) is 0 Å². The molecule has 3 rings (SSSR count). The third-order valence-corrected chi connectivity index (χ3v) is 5.99. The van der Waals surface area contributed by atoms with Crippen molar-refractivity contribution >= 4 is 44.9 Å². The Kier molecular flexibility index (Phi) is 4.71. The van der Waals surface area contributed by atoms with E-state index in [1.54, 1.807) is 18.2 Å². The molecular formula is C16H13Cl2NO4S. The lowest BCUT2D eigenvalue weighted by Crippen LogP contribution is -2.25. The third kappa shape index (κ3) is 3.50. The predicted molar refractivity (Wildman–Crippen MR) is 93.6 cm³/mol. The normalized spacial score (nSPS) is 16.2. The molecule has 0 N–H and O–H groups in total. The number of carbonyl (C=O) groups is 1. The highest BCUT2D eigenvalue weighted by Crippen LogP contribution is 2.29. The molecule has 126 valence electrons. The molecule has 1 fully saturated rings. The maximum Gasteiger partial charge on any atom is 0.343 e. The van der Waals surface area contributed by atoms with E-state index >= 15 is 0 Å². The second-order valence-electron chi connectivity index (χ2n) is 5.25. The Labute approximate surface area is 149 Å². The summed E-state index contributed by atoms with van der Waals surface area (Å²) in [6.45, 7) is 0.451. The first-order chi connectivity index (χ1) is 11.4. The quantitative estimate of drug-likeness (QED) is 0.595. The number of ether oxygens (including phenoxy) is 1. The van der Waals surface area contributed by atoms with Crippen molar-refractivity contribution < 1.29 is 17.9 Å². The average Bonchev–Trinajstić information content (AvgIpc) is 2.89. The van der Waals surface area contributed by atoms with Crippen LogP contribution in [0.1, 0.15) is 16.8 Å². The van der Waals surface area contributed by atoms with Gasteiger partial charge in [0, 0.05) is 11.6 Å². The first-order valence-corrected chi connectivity index (χ1v) is 9.51. The standard InChI is InChI=1S/C16H13Cl2NO4S/c17-12-4-7-15(14(18)10-12)23-16(20)11-2-5-13(6-3-11)19-8-1-9-24(19,21)22/h2-7,10H,1,8-9H2. The van der Waals surface area contributed by atoms with Crippen LogP contribution in [0.5, 0.6) is 5.75 Å². The molecule has 1 aliphatic rings. The minimum absolute atomic E-state index is 0.145. The molecule has 2 aromatic carbocycles. The second kappa shape index (κ2) is 6.63. The Morgan fingerprint density at radius 3 is 2.38 bits per heavy atom. The highest BCUT2D eigenvalue weighted by molar-refractivity contribution is 7.93. The largest absolute Gasteiger partial charge is 0.421 e. The Morgan fingerprint density at radius 1 is 1.08 bits per heavy atom. The molecule has 2 aromatic rings. The predicted octanol–water partition coefficient (Wildman–Crippen LogP) is 3.75. The van der Waals surface area contributed by atoms with E-state index in [1.165, 1.54) is 28.6 Å². The number of rotatable bonds is 3. The van der Waals surface area contributed by atoms with Gasteiger partial charge in [-0.05, 0) is 48.9 Å². The summed E-state index contributed by atoms with van der Waals surface area (Å²) in [4.78, 5) is 12.2. The lowest BCUT2D eigenvalue weighted by molar-refractivity contribution is 0.0735. The van der Waals surface area contributed by atoms with E-state index in [2.05, 4.69) is 0 Å². The van der Waals surface area contributed by atoms with Crippen LogP contribution < -0.4 is 9.04 Å². The molecule has 1 saturated heterocycles. The summed E-state index contributed by atoms with van der Waals surface area (Å²) in [7, 11) is -3.24. The minimum atomic E-state index is -3.24. The number of halogens is 2. The van der Waals surface area contributed by atoms with Crippen LogP contribution in [0.15, 0.2) is 42.5 Å². The summed E-state index contributed by atoms with van der Waals surface area (Å²) in [6, 6.07) is 10.8. The number of esters is 1. The molecule has 0 aromatic heterocycles.